The summed E-state index contributed by atoms with van der Waals surface area (Å²) in [5.41, 5.74) is 6.48. The van der Waals surface area contributed by atoms with Crippen LogP contribution in [-0.2, 0) is 0 Å². The summed E-state index contributed by atoms with van der Waals surface area (Å²) in [4.78, 5) is 3.94. The first-order chi connectivity index (χ1) is 10.0. The molecule has 2 aromatic carbocycles. The van der Waals surface area contributed by atoms with E-state index in [4.69, 9.17) is 22.1 Å². The largest absolute Gasteiger partial charge is 0.495 e. The summed E-state index contributed by atoms with van der Waals surface area (Å²) in [6.45, 7) is 0. The Kier molecular flexibility index (Phi) is 3.17. The third kappa shape index (κ3) is 2.17. The number of fused-ring (bicyclic) bond motifs is 1. The van der Waals surface area contributed by atoms with E-state index in [2.05, 4.69) is 4.98 Å². The molecule has 0 saturated carbocycles. The summed E-state index contributed by atoms with van der Waals surface area (Å²) in [5, 5.41) is 0.434. The molecule has 0 aliphatic heterocycles. The van der Waals surface area contributed by atoms with Gasteiger partial charge in [-0.2, -0.15) is 0 Å². The van der Waals surface area contributed by atoms with Gasteiger partial charge in [0.1, 0.15) is 17.1 Å². The van der Waals surface area contributed by atoms with Crippen molar-refractivity contribution < 1.29 is 13.5 Å². The molecule has 0 fully saturated rings. The number of halogens is 3. The molecule has 3 rings (SSSR count). The number of ether oxygens (including phenoxy) is 1. The normalized spacial score (nSPS) is 11.0. The Morgan fingerprint density at radius 1 is 1.24 bits per heavy atom. The Labute approximate surface area is 123 Å². The molecule has 3 aromatic rings. The van der Waals surface area contributed by atoms with E-state index >= 15 is 0 Å². The minimum atomic E-state index is -0.781. The van der Waals surface area contributed by atoms with Gasteiger partial charge in [-0.15, -0.1) is 0 Å². The smallest absolute Gasteiger partial charge is 0.206 e. The van der Waals surface area contributed by atoms with E-state index in [0.29, 0.717) is 16.5 Å². The number of hydrogen-bond acceptors (Lipinski definition) is 3. The molecule has 2 N–H and O–H groups in total. The molecule has 0 bridgehead atoms. The SMILES string of the molecule is COc1ccc(Cl)cc1-n1c(N)nc2c(F)cc(F)cc21. The standard InChI is InChI=1S/C14H10ClF2N3O/c1-21-12-3-2-7(15)4-10(12)20-11-6-8(16)5-9(17)13(11)19-14(20)18/h2-6H,1H3,(H2,18,19). The van der Waals surface area contributed by atoms with Gasteiger partial charge in [-0.1, -0.05) is 11.6 Å². The number of nitrogen functional groups attached to an aromatic ring is 1. The van der Waals surface area contributed by atoms with Crippen LogP contribution in [0, 0.1) is 11.6 Å². The highest BCUT2D eigenvalue weighted by Gasteiger charge is 2.18. The number of imidazole rings is 1. The molecule has 0 radical (unpaired) electrons. The Morgan fingerprint density at radius 3 is 2.71 bits per heavy atom. The lowest BCUT2D eigenvalue weighted by molar-refractivity contribution is 0.413. The van der Waals surface area contributed by atoms with E-state index in [0.717, 1.165) is 12.1 Å². The number of methoxy groups -OCH3 is 1. The number of nitrogens with zero attached hydrogens (tertiary/aromatic N) is 2. The molecule has 0 atom stereocenters. The molecule has 0 amide bonds. The second-order valence-corrected chi connectivity index (χ2v) is 4.81. The maximum absolute atomic E-state index is 13.8. The lowest BCUT2D eigenvalue weighted by Gasteiger charge is -2.12. The maximum Gasteiger partial charge on any atom is 0.206 e. The van der Waals surface area contributed by atoms with Gasteiger partial charge in [0.2, 0.25) is 5.95 Å². The van der Waals surface area contributed by atoms with Crippen molar-refractivity contribution in [3.05, 3.63) is 47.0 Å². The third-order valence-corrected chi connectivity index (χ3v) is 3.32. The monoisotopic (exact) mass is 309 g/mol. The summed E-state index contributed by atoms with van der Waals surface area (Å²) in [7, 11) is 1.48. The second kappa shape index (κ2) is 4.89. The zero-order valence-corrected chi connectivity index (χ0v) is 11.7. The number of hydrogen-bond donors (Lipinski definition) is 1. The van der Waals surface area contributed by atoms with Crippen molar-refractivity contribution in [3.8, 4) is 11.4 Å². The minimum absolute atomic E-state index is 0.00932. The zero-order valence-electron chi connectivity index (χ0n) is 10.9. The van der Waals surface area contributed by atoms with Gasteiger partial charge in [0.05, 0.1) is 18.3 Å². The Bertz CT molecular complexity index is 848. The fourth-order valence-corrected chi connectivity index (χ4v) is 2.38. The van der Waals surface area contributed by atoms with Gasteiger partial charge in [-0.05, 0) is 18.2 Å². The van der Waals surface area contributed by atoms with Crippen LogP contribution in [0.4, 0.5) is 14.7 Å². The van der Waals surface area contributed by atoms with Gasteiger partial charge >= 0.3 is 0 Å². The zero-order chi connectivity index (χ0) is 15.1. The van der Waals surface area contributed by atoms with E-state index < -0.39 is 11.6 Å². The Balaban J connectivity index is 2.40. The molecular weight excluding hydrogens is 300 g/mol. The molecule has 4 nitrogen and oxygen atoms in total. The molecule has 7 heteroatoms. The molecule has 108 valence electrons. The minimum Gasteiger partial charge on any atom is -0.495 e. The van der Waals surface area contributed by atoms with Gasteiger partial charge in [-0.3, -0.25) is 4.57 Å². The van der Waals surface area contributed by atoms with Crippen molar-refractivity contribution in [2.24, 2.45) is 0 Å². The topological polar surface area (TPSA) is 53.1 Å². The highest BCUT2D eigenvalue weighted by molar-refractivity contribution is 6.30. The first-order valence-electron chi connectivity index (χ1n) is 5.98. The van der Waals surface area contributed by atoms with E-state index in [1.807, 2.05) is 0 Å². The van der Waals surface area contributed by atoms with Gasteiger partial charge in [0, 0.05) is 17.2 Å². The highest BCUT2D eigenvalue weighted by Crippen LogP contribution is 2.32. The highest BCUT2D eigenvalue weighted by atomic mass is 35.5. The van der Waals surface area contributed by atoms with Crippen LogP contribution in [-0.4, -0.2) is 16.7 Å². The molecule has 0 spiro atoms. The first kappa shape index (κ1) is 13.6. The molecule has 1 heterocycles. The molecule has 1 aromatic heterocycles. The lowest BCUT2D eigenvalue weighted by atomic mass is 10.2. The molecule has 0 aliphatic rings. The maximum atomic E-state index is 13.8. The van der Waals surface area contributed by atoms with Crippen molar-refractivity contribution in [3.63, 3.8) is 0 Å². The fourth-order valence-electron chi connectivity index (χ4n) is 2.21. The van der Waals surface area contributed by atoms with Crippen molar-refractivity contribution in [2.75, 3.05) is 12.8 Å². The number of aromatic nitrogens is 2. The molecular formula is C14H10ClF2N3O. The summed E-state index contributed by atoms with van der Waals surface area (Å²) >= 11 is 5.98. The average molecular weight is 310 g/mol. The van der Waals surface area contributed by atoms with Crippen molar-refractivity contribution in [1.82, 2.24) is 9.55 Å². The van der Waals surface area contributed by atoms with Crippen LogP contribution in [0.15, 0.2) is 30.3 Å². The predicted octanol–water partition coefficient (Wildman–Crippen LogP) is 3.55. The van der Waals surface area contributed by atoms with E-state index in [-0.39, 0.29) is 17.0 Å². The van der Waals surface area contributed by atoms with Crippen LogP contribution in [0.5, 0.6) is 5.75 Å². The molecule has 0 unspecified atom stereocenters. The van der Waals surface area contributed by atoms with Gasteiger partial charge in [-0.25, -0.2) is 13.8 Å². The molecule has 21 heavy (non-hydrogen) atoms. The summed E-state index contributed by atoms with van der Waals surface area (Å²) in [6, 6.07) is 6.77. The first-order valence-corrected chi connectivity index (χ1v) is 6.36. The van der Waals surface area contributed by atoms with Crippen molar-refractivity contribution >= 4 is 28.6 Å². The van der Waals surface area contributed by atoms with Crippen LogP contribution < -0.4 is 10.5 Å². The third-order valence-electron chi connectivity index (χ3n) is 3.09. The Hall–Kier alpha value is -2.34. The van der Waals surface area contributed by atoms with E-state index in [9.17, 15) is 8.78 Å². The predicted molar refractivity (Wildman–Crippen MR) is 77.0 cm³/mol. The lowest BCUT2D eigenvalue weighted by Crippen LogP contribution is -2.03. The van der Waals surface area contributed by atoms with Crippen LogP contribution in [0.3, 0.4) is 0 Å². The Morgan fingerprint density at radius 2 is 2.00 bits per heavy atom. The van der Waals surface area contributed by atoms with Gasteiger partial charge in [0.15, 0.2) is 5.82 Å². The number of anilines is 1. The molecule has 0 aliphatic carbocycles. The summed E-state index contributed by atoms with van der Waals surface area (Å²) in [6.07, 6.45) is 0. The van der Waals surface area contributed by atoms with Gasteiger partial charge < -0.3 is 10.5 Å². The van der Waals surface area contributed by atoms with Crippen LogP contribution >= 0.6 is 11.6 Å². The number of benzene rings is 2. The fraction of sp³-hybridized carbons (Fsp3) is 0.0714. The van der Waals surface area contributed by atoms with E-state index in [1.165, 1.54) is 11.7 Å². The van der Waals surface area contributed by atoms with Crippen LogP contribution in [0.1, 0.15) is 0 Å². The van der Waals surface area contributed by atoms with Crippen LogP contribution in [0.25, 0.3) is 16.7 Å². The quantitative estimate of drug-likeness (QED) is 0.787. The number of rotatable bonds is 2. The summed E-state index contributed by atoms with van der Waals surface area (Å²) in [5.74, 6) is -1.04. The van der Waals surface area contributed by atoms with Crippen LogP contribution in [0.2, 0.25) is 5.02 Å². The van der Waals surface area contributed by atoms with Gasteiger partial charge in [0.25, 0.3) is 0 Å². The summed E-state index contributed by atoms with van der Waals surface area (Å²) < 4.78 is 33.9. The number of nitrogens with two attached hydrogens (primary N) is 1. The van der Waals surface area contributed by atoms with Crippen molar-refractivity contribution in [2.45, 2.75) is 0 Å². The average Bonchev–Trinajstić information content (AvgIpc) is 2.75. The van der Waals surface area contributed by atoms with E-state index in [1.54, 1.807) is 18.2 Å². The van der Waals surface area contributed by atoms with Crippen molar-refractivity contribution in [1.29, 1.82) is 0 Å². The molecule has 0 saturated heterocycles. The second-order valence-electron chi connectivity index (χ2n) is 4.38.